The molecular formula is C15H17Cl2NO3. The smallest absolute Gasteiger partial charge is 0.321 e. The van der Waals surface area contributed by atoms with E-state index in [0.717, 1.165) is 0 Å². The SMILES string of the molecule is CCOC(=O)C1(Cc2c(Cl)cccc2Cl)CCCNC1=O. The fourth-order valence-electron chi connectivity index (χ4n) is 2.58. The minimum atomic E-state index is -1.25. The average Bonchev–Trinajstić information content (AvgIpc) is 2.45. The minimum absolute atomic E-state index is 0.149. The summed E-state index contributed by atoms with van der Waals surface area (Å²) in [7, 11) is 0. The number of carbonyl (C=O) groups excluding carboxylic acids is 2. The highest BCUT2D eigenvalue weighted by Gasteiger charge is 2.49. The summed E-state index contributed by atoms with van der Waals surface area (Å²) in [5.41, 5.74) is -0.644. The second-order valence-corrected chi connectivity index (χ2v) is 5.85. The molecule has 6 heteroatoms. The lowest BCUT2D eigenvalue weighted by Gasteiger charge is -2.34. The zero-order chi connectivity index (χ0) is 15.5. The van der Waals surface area contributed by atoms with Gasteiger partial charge in [0, 0.05) is 23.0 Å². The molecule has 1 aromatic rings. The first-order valence-corrected chi connectivity index (χ1v) is 7.65. The van der Waals surface area contributed by atoms with Gasteiger partial charge < -0.3 is 10.1 Å². The summed E-state index contributed by atoms with van der Waals surface area (Å²) in [4.78, 5) is 24.7. The number of ether oxygens (including phenoxy) is 1. The summed E-state index contributed by atoms with van der Waals surface area (Å²) in [6.45, 7) is 2.51. The Bertz CT molecular complexity index is 542. The summed E-state index contributed by atoms with van der Waals surface area (Å²) < 4.78 is 5.12. The van der Waals surface area contributed by atoms with Crippen molar-refractivity contribution < 1.29 is 14.3 Å². The van der Waals surface area contributed by atoms with Gasteiger partial charge in [0.25, 0.3) is 0 Å². The lowest BCUT2D eigenvalue weighted by molar-refractivity contribution is -0.163. The molecule has 1 heterocycles. The van der Waals surface area contributed by atoms with Crippen LogP contribution in [0.3, 0.4) is 0 Å². The quantitative estimate of drug-likeness (QED) is 0.682. The number of rotatable bonds is 4. The molecule has 2 rings (SSSR count). The Morgan fingerprint density at radius 1 is 1.38 bits per heavy atom. The van der Waals surface area contributed by atoms with Crippen LogP contribution >= 0.6 is 23.2 Å². The van der Waals surface area contributed by atoms with Crippen molar-refractivity contribution in [2.45, 2.75) is 26.2 Å². The molecule has 1 atom stereocenters. The monoisotopic (exact) mass is 329 g/mol. The van der Waals surface area contributed by atoms with Crippen LogP contribution in [0, 0.1) is 5.41 Å². The molecule has 1 fully saturated rings. The third-order valence-electron chi connectivity index (χ3n) is 3.71. The van der Waals surface area contributed by atoms with Crippen LogP contribution in [0.1, 0.15) is 25.3 Å². The maximum atomic E-state index is 12.4. The number of halogens is 2. The minimum Gasteiger partial charge on any atom is -0.465 e. The summed E-state index contributed by atoms with van der Waals surface area (Å²) in [5, 5.41) is 3.64. The number of amides is 1. The summed E-state index contributed by atoms with van der Waals surface area (Å²) in [6, 6.07) is 5.12. The lowest BCUT2D eigenvalue weighted by Crippen LogP contribution is -2.52. The van der Waals surface area contributed by atoms with Crippen LogP contribution in [0.25, 0.3) is 0 Å². The predicted octanol–water partition coefficient (Wildman–Crippen LogP) is 3.00. The molecule has 1 aromatic carbocycles. The molecule has 1 N–H and O–H groups in total. The Hall–Kier alpha value is -1.26. The second-order valence-electron chi connectivity index (χ2n) is 5.04. The van der Waals surface area contributed by atoms with Crippen molar-refractivity contribution in [3.8, 4) is 0 Å². The Balaban J connectivity index is 2.41. The molecule has 0 aromatic heterocycles. The van der Waals surface area contributed by atoms with Gasteiger partial charge in [-0.05, 0) is 37.5 Å². The van der Waals surface area contributed by atoms with Crippen LogP contribution in [0.4, 0.5) is 0 Å². The highest BCUT2D eigenvalue weighted by Crippen LogP contribution is 2.37. The van der Waals surface area contributed by atoms with Gasteiger partial charge in [0.2, 0.25) is 5.91 Å². The molecule has 1 aliphatic rings. The van der Waals surface area contributed by atoms with Crippen molar-refractivity contribution >= 4 is 35.1 Å². The number of piperidine rings is 1. The summed E-state index contributed by atoms with van der Waals surface area (Å²) >= 11 is 12.3. The van der Waals surface area contributed by atoms with Crippen molar-refractivity contribution in [3.05, 3.63) is 33.8 Å². The number of esters is 1. The van der Waals surface area contributed by atoms with E-state index in [1.54, 1.807) is 25.1 Å². The molecule has 1 saturated heterocycles. The van der Waals surface area contributed by atoms with Gasteiger partial charge in [-0.15, -0.1) is 0 Å². The number of benzene rings is 1. The van der Waals surface area contributed by atoms with Crippen LogP contribution in [0.15, 0.2) is 18.2 Å². The summed E-state index contributed by atoms with van der Waals surface area (Å²) in [5.74, 6) is -0.832. The molecule has 4 nitrogen and oxygen atoms in total. The van der Waals surface area contributed by atoms with Crippen molar-refractivity contribution in [1.29, 1.82) is 0 Å². The van der Waals surface area contributed by atoms with Crippen LogP contribution in [0.2, 0.25) is 10.0 Å². The molecule has 21 heavy (non-hydrogen) atoms. The van der Waals surface area contributed by atoms with Gasteiger partial charge in [0.1, 0.15) is 0 Å². The molecule has 0 spiro atoms. The van der Waals surface area contributed by atoms with Crippen molar-refractivity contribution in [2.24, 2.45) is 5.41 Å². The van der Waals surface area contributed by atoms with Gasteiger partial charge in [-0.2, -0.15) is 0 Å². The number of carbonyl (C=O) groups is 2. The first-order chi connectivity index (χ1) is 10.0. The Kier molecular flexibility index (Phi) is 5.12. The normalized spacial score (nSPS) is 21.8. The zero-order valence-corrected chi connectivity index (χ0v) is 13.3. The van der Waals surface area contributed by atoms with Crippen molar-refractivity contribution in [3.63, 3.8) is 0 Å². The number of nitrogens with one attached hydrogen (secondary N) is 1. The maximum absolute atomic E-state index is 12.4. The Morgan fingerprint density at radius 3 is 2.62 bits per heavy atom. The highest BCUT2D eigenvalue weighted by molar-refractivity contribution is 6.36. The van der Waals surface area contributed by atoms with Gasteiger partial charge >= 0.3 is 5.97 Å². The van der Waals surface area contributed by atoms with Crippen LogP contribution in [-0.2, 0) is 20.7 Å². The van der Waals surface area contributed by atoms with E-state index in [1.165, 1.54) is 0 Å². The van der Waals surface area contributed by atoms with Crippen LogP contribution in [0.5, 0.6) is 0 Å². The molecule has 0 bridgehead atoms. The fourth-order valence-corrected chi connectivity index (χ4v) is 3.11. The molecule has 1 unspecified atom stereocenters. The van der Waals surface area contributed by atoms with Crippen molar-refractivity contribution in [1.82, 2.24) is 5.32 Å². The molecule has 0 saturated carbocycles. The van der Waals surface area contributed by atoms with Gasteiger partial charge in [-0.3, -0.25) is 9.59 Å². The van der Waals surface area contributed by atoms with E-state index in [1.807, 2.05) is 0 Å². The van der Waals surface area contributed by atoms with Crippen molar-refractivity contribution in [2.75, 3.05) is 13.2 Å². The lowest BCUT2D eigenvalue weighted by atomic mass is 9.75. The highest BCUT2D eigenvalue weighted by atomic mass is 35.5. The number of hydrogen-bond donors (Lipinski definition) is 1. The zero-order valence-electron chi connectivity index (χ0n) is 11.7. The van der Waals surface area contributed by atoms with Crippen LogP contribution < -0.4 is 5.32 Å². The van der Waals surface area contributed by atoms with Gasteiger partial charge in [-0.25, -0.2) is 0 Å². The molecule has 1 amide bonds. The van der Waals surface area contributed by atoms with E-state index in [9.17, 15) is 9.59 Å². The van der Waals surface area contributed by atoms with E-state index < -0.39 is 11.4 Å². The van der Waals surface area contributed by atoms with Gasteiger partial charge in [0.15, 0.2) is 5.41 Å². The van der Waals surface area contributed by atoms with Gasteiger partial charge in [-0.1, -0.05) is 29.3 Å². The molecule has 1 aliphatic heterocycles. The van der Waals surface area contributed by atoms with Crippen LogP contribution in [-0.4, -0.2) is 25.0 Å². The number of hydrogen-bond acceptors (Lipinski definition) is 3. The predicted molar refractivity (Wildman–Crippen MR) is 81.5 cm³/mol. The Morgan fingerprint density at radius 2 is 2.05 bits per heavy atom. The fraction of sp³-hybridized carbons (Fsp3) is 0.467. The largest absolute Gasteiger partial charge is 0.465 e. The van der Waals surface area contributed by atoms with E-state index >= 15 is 0 Å². The first-order valence-electron chi connectivity index (χ1n) is 6.89. The molecule has 0 aliphatic carbocycles. The van der Waals surface area contributed by atoms with E-state index in [2.05, 4.69) is 5.32 Å². The molecule has 0 radical (unpaired) electrons. The van der Waals surface area contributed by atoms with E-state index in [0.29, 0.717) is 35.0 Å². The third kappa shape index (κ3) is 3.16. The maximum Gasteiger partial charge on any atom is 0.321 e. The van der Waals surface area contributed by atoms with E-state index in [-0.39, 0.29) is 18.9 Å². The average molecular weight is 330 g/mol. The standard InChI is InChI=1S/C15H17Cl2NO3/c1-2-21-14(20)15(7-4-8-18-13(15)19)9-10-11(16)5-3-6-12(10)17/h3,5-6H,2,4,7-9H2,1H3,(H,18,19). The second kappa shape index (κ2) is 6.67. The molecule has 114 valence electrons. The van der Waals surface area contributed by atoms with E-state index in [4.69, 9.17) is 27.9 Å². The topological polar surface area (TPSA) is 55.4 Å². The molecular weight excluding hydrogens is 313 g/mol. The Labute approximate surface area is 133 Å². The first kappa shape index (κ1) is 16.1. The third-order valence-corrected chi connectivity index (χ3v) is 4.42. The summed E-state index contributed by atoms with van der Waals surface area (Å²) in [6.07, 6.45) is 1.29. The van der Waals surface area contributed by atoms with Gasteiger partial charge in [0.05, 0.1) is 6.61 Å².